The highest BCUT2D eigenvalue weighted by atomic mass is 19.3. The van der Waals surface area contributed by atoms with Crippen LogP contribution in [0.15, 0.2) is 24.3 Å². The highest BCUT2D eigenvalue weighted by Crippen LogP contribution is 2.44. The second-order valence-electron chi connectivity index (χ2n) is 8.14. The predicted molar refractivity (Wildman–Crippen MR) is 96.2 cm³/mol. The first-order valence-electron chi connectivity index (χ1n) is 10.0. The van der Waals surface area contributed by atoms with Crippen molar-refractivity contribution in [3.8, 4) is 0 Å². The Hall–Kier alpha value is -1.39. The van der Waals surface area contributed by atoms with Gasteiger partial charge in [-0.25, -0.2) is 22.0 Å². The maximum atomic E-state index is 13.5. The lowest BCUT2D eigenvalue weighted by atomic mass is 9.68. The maximum Gasteiger partial charge on any atom is 0.242 e. The molecule has 0 atom stereocenters. The summed E-state index contributed by atoms with van der Waals surface area (Å²) in [6.07, 6.45) is 9.31. The predicted octanol–water partition coefficient (Wildman–Crippen LogP) is 7.40. The smallest absolute Gasteiger partial charge is 0.210 e. The summed E-state index contributed by atoms with van der Waals surface area (Å²) in [6.45, 7) is 0. The molecule has 0 nitrogen and oxygen atoms in total. The first kappa shape index (κ1) is 20.3. The van der Waals surface area contributed by atoms with E-state index in [2.05, 4.69) is 0 Å². The number of rotatable bonds is 5. The first-order valence-corrected chi connectivity index (χ1v) is 10.0. The van der Waals surface area contributed by atoms with Crippen LogP contribution in [-0.2, 0) is 0 Å². The molecular weight excluding hydrogens is 359 g/mol. The molecule has 2 fully saturated rings. The van der Waals surface area contributed by atoms with E-state index in [1.807, 2.05) is 6.08 Å². The standard InChI is InChI=1S/C22H27F5/c23-19-12-18(13-20(24)22(19)27)17-10-8-16(9-11-17)15-6-4-14(5-7-15)2-1-3-21(25)26/h1-2,12-17,21H,3-11H2/b2-1+/t14-,15-,16?,17?. The fraction of sp³-hybridized carbons (Fsp3) is 0.636. The molecule has 0 bridgehead atoms. The SMILES string of the molecule is Fc1cc(C2CCC([C@H]3CC[C@H](/C=C/CC(F)F)CC3)CC2)cc(F)c1F. The molecule has 3 rings (SSSR count). The van der Waals surface area contributed by atoms with Crippen molar-refractivity contribution in [2.24, 2.45) is 17.8 Å². The molecule has 27 heavy (non-hydrogen) atoms. The van der Waals surface area contributed by atoms with Gasteiger partial charge in [0.1, 0.15) is 0 Å². The van der Waals surface area contributed by atoms with Crippen molar-refractivity contribution >= 4 is 0 Å². The first-order chi connectivity index (χ1) is 12.9. The van der Waals surface area contributed by atoms with E-state index in [0.717, 1.165) is 63.5 Å². The number of alkyl halides is 2. The summed E-state index contributed by atoms with van der Waals surface area (Å²) in [6, 6.07) is 2.28. The van der Waals surface area contributed by atoms with Crippen molar-refractivity contribution < 1.29 is 22.0 Å². The third kappa shape index (κ3) is 5.32. The van der Waals surface area contributed by atoms with Crippen molar-refractivity contribution in [3.05, 3.63) is 47.3 Å². The minimum atomic E-state index is -2.27. The van der Waals surface area contributed by atoms with Crippen molar-refractivity contribution in [1.82, 2.24) is 0 Å². The van der Waals surface area contributed by atoms with Crippen LogP contribution >= 0.6 is 0 Å². The molecule has 150 valence electrons. The van der Waals surface area contributed by atoms with Crippen LogP contribution in [0.2, 0.25) is 0 Å². The van der Waals surface area contributed by atoms with Gasteiger partial charge in [-0.15, -0.1) is 0 Å². The van der Waals surface area contributed by atoms with Gasteiger partial charge in [0.05, 0.1) is 0 Å². The molecule has 0 spiro atoms. The maximum absolute atomic E-state index is 13.5. The van der Waals surface area contributed by atoms with Crippen LogP contribution in [0.25, 0.3) is 0 Å². The molecule has 0 N–H and O–H groups in total. The van der Waals surface area contributed by atoms with E-state index in [-0.39, 0.29) is 12.3 Å². The zero-order chi connectivity index (χ0) is 19.4. The summed E-state index contributed by atoms with van der Waals surface area (Å²) < 4.78 is 64.5. The van der Waals surface area contributed by atoms with E-state index in [1.165, 1.54) is 0 Å². The van der Waals surface area contributed by atoms with Crippen molar-refractivity contribution in [3.63, 3.8) is 0 Å². The average molecular weight is 386 g/mol. The number of benzene rings is 1. The summed E-state index contributed by atoms with van der Waals surface area (Å²) in [4.78, 5) is 0. The lowest BCUT2D eigenvalue weighted by Gasteiger charge is -2.37. The van der Waals surface area contributed by atoms with Crippen LogP contribution in [0.5, 0.6) is 0 Å². The Kier molecular flexibility index (Phi) is 6.93. The van der Waals surface area contributed by atoms with Gasteiger partial charge in [0, 0.05) is 6.42 Å². The molecule has 0 saturated heterocycles. The number of halogens is 5. The Morgan fingerprint density at radius 2 is 1.33 bits per heavy atom. The van der Waals surface area contributed by atoms with Crippen LogP contribution in [0.4, 0.5) is 22.0 Å². The van der Waals surface area contributed by atoms with Gasteiger partial charge >= 0.3 is 0 Å². The Balaban J connectivity index is 1.47. The molecular formula is C22H27F5. The van der Waals surface area contributed by atoms with Crippen molar-refractivity contribution in [2.45, 2.75) is 70.1 Å². The molecule has 0 unspecified atom stereocenters. The molecule has 2 aliphatic rings. The van der Waals surface area contributed by atoms with Crippen LogP contribution in [0, 0.1) is 35.2 Å². The quantitative estimate of drug-likeness (QED) is 0.281. The monoisotopic (exact) mass is 386 g/mol. The van der Waals surface area contributed by atoms with Crippen LogP contribution in [0.1, 0.15) is 69.3 Å². The molecule has 0 aliphatic heterocycles. The zero-order valence-corrected chi connectivity index (χ0v) is 15.4. The van der Waals surface area contributed by atoms with Gasteiger partial charge in [0.2, 0.25) is 6.43 Å². The average Bonchev–Trinajstić information content (AvgIpc) is 2.66. The van der Waals surface area contributed by atoms with Gasteiger partial charge in [-0.1, -0.05) is 12.2 Å². The number of hydrogen-bond acceptors (Lipinski definition) is 0. The molecule has 5 heteroatoms. The lowest BCUT2D eigenvalue weighted by molar-refractivity contribution is 0.151. The lowest BCUT2D eigenvalue weighted by Crippen LogP contribution is -2.25. The molecule has 0 amide bonds. The molecule has 2 aliphatic carbocycles. The fourth-order valence-electron chi connectivity index (χ4n) is 4.92. The Morgan fingerprint density at radius 3 is 1.85 bits per heavy atom. The van der Waals surface area contributed by atoms with Crippen LogP contribution in [0.3, 0.4) is 0 Å². The van der Waals surface area contributed by atoms with E-state index in [9.17, 15) is 22.0 Å². The van der Waals surface area contributed by atoms with E-state index in [1.54, 1.807) is 6.08 Å². The zero-order valence-electron chi connectivity index (χ0n) is 15.4. The Bertz CT molecular complexity index is 615. The molecule has 1 aromatic carbocycles. The van der Waals surface area contributed by atoms with E-state index in [4.69, 9.17) is 0 Å². The second-order valence-corrected chi connectivity index (χ2v) is 8.14. The normalized spacial score (nSPS) is 29.6. The Labute approximate surface area is 157 Å². The van der Waals surface area contributed by atoms with E-state index in [0.29, 0.717) is 23.3 Å². The highest BCUT2D eigenvalue weighted by molar-refractivity contribution is 5.23. The van der Waals surface area contributed by atoms with Gasteiger partial charge < -0.3 is 0 Å². The van der Waals surface area contributed by atoms with Gasteiger partial charge in [-0.2, -0.15) is 0 Å². The van der Waals surface area contributed by atoms with Gasteiger partial charge in [0.25, 0.3) is 0 Å². The topological polar surface area (TPSA) is 0 Å². The van der Waals surface area contributed by atoms with Crippen molar-refractivity contribution in [1.29, 1.82) is 0 Å². The van der Waals surface area contributed by atoms with Gasteiger partial charge in [-0.05, 0) is 92.7 Å². The van der Waals surface area contributed by atoms with E-state index < -0.39 is 23.9 Å². The van der Waals surface area contributed by atoms with Gasteiger partial charge in [0.15, 0.2) is 17.5 Å². The molecule has 0 radical (unpaired) electrons. The summed E-state index contributed by atoms with van der Waals surface area (Å²) >= 11 is 0. The van der Waals surface area contributed by atoms with Gasteiger partial charge in [-0.3, -0.25) is 0 Å². The van der Waals surface area contributed by atoms with Crippen molar-refractivity contribution in [2.75, 3.05) is 0 Å². The van der Waals surface area contributed by atoms with Crippen LogP contribution < -0.4 is 0 Å². The molecule has 0 heterocycles. The van der Waals surface area contributed by atoms with E-state index >= 15 is 0 Å². The summed E-state index contributed by atoms with van der Waals surface area (Å²) in [5, 5.41) is 0. The third-order valence-electron chi connectivity index (χ3n) is 6.46. The van der Waals surface area contributed by atoms with Crippen LogP contribution in [-0.4, -0.2) is 6.43 Å². The third-order valence-corrected chi connectivity index (χ3v) is 6.46. The number of allylic oxidation sites excluding steroid dienone is 2. The summed E-state index contributed by atoms with van der Waals surface area (Å²) in [7, 11) is 0. The summed E-state index contributed by atoms with van der Waals surface area (Å²) in [5.74, 6) is -1.81. The molecule has 0 aromatic heterocycles. The molecule has 1 aromatic rings. The molecule has 2 saturated carbocycles. The Morgan fingerprint density at radius 1 is 0.815 bits per heavy atom. The number of hydrogen-bond donors (Lipinski definition) is 0. The minimum Gasteiger partial charge on any atom is -0.210 e. The fourth-order valence-corrected chi connectivity index (χ4v) is 4.92. The summed E-state index contributed by atoms with van der Waals surface area (Å²) in [5.41, 5.74) is 0.567. The second kappa shape index (κ2) is 9.20. The largest absolute Gasteiger partial charge is 0.242 e. The highest BCUT2D eigenvalue weighted by Gasteiger charge is 2.31. The minimum absolute atomic E-state index is 0.0967.